The van der Waals surface area contributed by atoms with Crippen LogP contribution in [0.4, 0.5) is 0 Å². The fourth-order valence-electron chi connectivity index (χ4n) is 3.24. The van der Waals surface area contributed by atoms with Gasteiger partial charge >= 0.3 is 0 Å². The van der Waals surface area contributed by atoms with Crippen molar-refractivity contribution in [3.63, 3.8) is 0 Å². The van der Waals surface area contributed by atoms with Crippen molar-refractivity contribution in [2.24, 2.45) is 0 Å². The van der Waals surface area contributed by atoms with Crippen LogP contribution in [0.5, 0.6) is 11.5 Å². The summed E-state index contributed by atoms with van der Waals surface area (Å²) in [5.41, 5.74) is 2.10. The van der Waals surface area contributed by atoms with Crippen molar-refractivity contribution in [1.29, 1.82) is 0 Å². The van der Waals surface area contributed by atoms with Gasteiger partial charge in [0.2, 0.25) is 0 Å². The average molecular weight is 442 g/mol. The third-order valence-electron chi connectivity index (χ3n) is 4.75. The molecule has 4 nitrogen and oxygen atoms in total. The number of carbonyl (C=O) groups is 1. The number of benzene rings is 3. The number of fused-ring (bicyclic) bond motifs is 1. The van der Waals surface area contributed by atoms with Gasteiger partial charge in [-0.25, -0.2) is 0 Å². The van der Waals surface area contributed by atoms with Gasteiger partial charge in [0.05, 0.1) is 17.6 Å². The predicted octanol–water partition coefficient (Wildman–Crippen LogP) is 5.57. The van der Waals surface area contributed by atoms with Crippen LogP contribution in [0, 0.1) is 6.92 Å². The van der Waals surface area contributed by atoms with E-state index in [1.807, 2.05) is 68.4 Å². The van der Waals surface area contributed by atoms with Crippen molar-refractivity contribution in [2.75, 3.05) is 13.7 Å². The molecule has 0 radical (unpaired) electrons. The van der Waals surface area contributed by atoms with Gasteiger partial charge in [-0.1, -0.05) is 49.4 Å². The standard InChI is InChI=1S/C23H24BrNO3/c1-4-19(17-10-11-20(27-3)15(2)13-17)25-22(26)14-28-21-12-9-16-7-5-6-8-18(16)23(21)24/h5-13,19H,4,14H2,1-3H3,(H,25,26)/t19-/m1/s1. The Labute approximate surface area is 174 Å². The lowest BCUT2D eigenvalue weighted by Crippen LogP contribution is -2.32. The Morgan fingerprint density at radius 3 is 2.57 bits per heavy atom. The minimum absolute atomic E-state index is 0.0391. The topological polar surface area (TPSA) is 47.6 Å². The van der Waals surface area contributed by atoms with E-state index in [-0.39, 0.29) is 18.6 Å². The van der Waals surface area contributed by atoms with Gasteiger partial charge in [-0.2, -0.15) is 0 Å². The maximum atomic E-state index is 12.5. The van der Waals surface area contributed by atoms with Crippen molar-refractivity contribution in [3.8, 4) is 11.5 Å². The van der Waals surface area contributed by atoms with Crippen LogP contribution < -0.4 is 14.8 Å². The number of hydrogen-bond donors (Lipinski definition) is 1. The highest BCUT2D eigenvalue weighted by Crippen LogP contribution is 2.33. The molecule has 0 saturated carbocycles. The highest BCUT2D eigenvalue weighted by Gasteiger charge is 2.15. The number of ether oxygens (including phenoxy) is 2. The number of methoxy groups -OCH3 is 1. The number of halogens is 1. The molecule has 1 amide bonds. The van der Waals surface area contributed by atoms with E-state index >= 15 is 0 Å². The lowest BCUT2D eigenvalue weighted by atomic mass is 10.0. The summed E-state index contributed by atoms with van der Waals surface area (Å²) in [6, 6.07) is 17.8. The predicted molar refractivity (Wildman–Crippen MR) is 116 cm³/mol. The molecule has 3 aromatic rings. The summed E-state index contributed by atoms with van der Waals surface area (Å²) in [7, 11) is 1.66. The Morgan fingerprint density at radius 2 is 1.86 bits per heavy atom. The fraction of sp³-hybridized carbons (Fsp3) is 0.261. The smallest absolute Gasteiger partial charge is 0.258 e. The molecular weight excluding hydrogens is 418 g/mol. The molecule has 0 aliphatic rings. The van der Waals surface area contributed by atoms with Crippen molar-refractivity contribution >= 4 is 32.6 Å². The number of hydrogen-bond acceptors (Lipinski definition) is 3. The number of nitrogens with one attached hydrogen (secondary N) is 1. The van der Waals surface area contributed by atoms with E-state index in [4.69, 9.17) is 9.47 Å². The first-order chi connectivity index (χ1) is 13.5. The molecule has 0 fully saturated rings. The van der Waals surface area contributed by atoms with E-state index in [2.05, 4.69) is 21.2 Å². The van der Waals surface area contributed by atoms with Crippen molar-refractivity contribution in [2.45, 2.75) is 26.3 Å². The number of carbonyl (C=O) groups excluding carboxylic acids is 1. The Morgan fingerprint density at radius 1 is 1.11 bits per heavy atom. The van der Waals surface area contributed by atoms with Gasteiger partial charge in [-0.15, -0.1) is 0 Å². The molecule has 0 saturated heterocycles. The molecular formula is C23H24BrNO3. The first-order valence-electron chi connectivity index (χ1n) is 9.27. The molecule has 0 aliphatic carbocycles. The quantitative estimate of drug-likeness (QED) is 0.521. The minimum Gasteiger partial charge on any atom is -0.496 e. The summed E-state index contributed by atoms with van der Waals surface area (Å²) < 4.78 is 11.9. The molecule has 0 heterocycles. The van der Waals surface area contributed by atoms with Crippen molar-refractivity contribution in [3.05, 3.63) is 70.2 Å². The fourth-order valence-corrected chi connectivity index (χ4v) is 3.85. The Hall–Kier alpha value is -2.53. The van der Waals surface area contributed by atoms with Gasteiger partial charge in [-0.05, 0) is 63.3 Å². The molecule has 3 rings (SSSR count). The van der Waals surface area contributed by atoms with Gasteiger partial charge in [0.25, 0.3) is 5.91 Å². The van der Waals surface area contributed by atoms with Crippen LogP contribution >= 0.6 is 15.9 Å². The number of amides is 1. The lowest BCUT2D eigenvalue weighted by molar-refractivity contribution is -0.123. The van der Waals surface area contributed by atoms with Crippen molar-refractivity contribution < 1.29 is 14.3 Å². The van der Waals surface area contributed by atoms with Gasteiger partial charge in [0.1, 0.15) is 11.5 Å². The second-order valence-corrected chi connectivity index (χ2v) is 7.44. The Bertz CT molecular complexity index is 987. The summed E-state index contributed by atoms with van der Waals surface area (Å²) >= 11 is 3.59. The molecule has 1 atom stereocenters. The zero-order valence-electron chi connectivity index (χ0n) is 16.3. The van der Waals surface area contributed by atoms with Gasteiger partial charge in [0, 0.05) is 0 Å². The van der Waals surface area contributed by atoms with E-state index in [1.165, 1.54) is 0 Å². The molecule has 1 N–H and O–H groups in total. The van der Waals surface area contributed by atoms with Crippen LogP contribution in [-0.2, 0) is 4.79 Å². The van der Waals surface area contributed by atoms with Gasteiger partial charge in [-0.3, -0.25) is 4.79 Å². The SMILES string of the molecule is CC[C@@H](NC(=O)COc1ccc2ccccc2c1Br)c1ccc(OC)c(C)c1. The molecule has 0 bridgehead atoms. The maximum absolute atomic E-state index is 12.5. The zero-order chi connectivity index (χ0) is 20.1. The number of rotatable bonds is 7. The van der Waals surface area contributed by atoms with E-state index < -0.39 is 0 Å². The normalized spacial score (nSPS) is 11.9. The van der Waals surface area contributed by atoms with Crippen LogP contribution in [0.3, 0.4) is 0 Å². The van der Waals surface area contributed by atoms with Crippen LogP contribution in [0.2, 0.25) is 0 Å². The molecule has 0 unspecified atom stereocenters. The number of aryl methyl sites for hydroxylation is 1. The third-order valence-corrected chi connectivity index (χ3v) is 5.57. The third kappa shape index (κ3) is 4.47. The summed E-state index contributed by atoms with van der Waals surface area (Å²) in [6.07, 6.45) is 0.789. The van der Waals surface area contributed by atoms with Gasteiger partial charge in [0.15, 0.2) is 6.61 Å². The summed E-state index contributed by atoms with van der Waals surface area (Å²) in [4.78, 5) is 12.5. The van der Waals surface area contributed by atoms with Crippen LogP contribution in [0.1, 0.15) is 30.5 Å². The average Bonchev–Trinajstić information content (AvgIpc) is 2.71. The summed E-state index contributed by atoms with van der Waals surface area (Å²) in [6.45, 7) is 4.01. The van der Waals surface area contributed by atoms with Crippen LogP contribution in [0.25, 0.3) is 10.8 Å². The summed E-state index contributed by atoms with van der Waals surface area (Å²) in [5.74, 6) is 1.34. The van der Waals surface area contributed by atoms with E-state index in [0.717, 1.165) is 38.5 Å². The second-order valence-electron chi connectivity index (χ2n) is 6.64. The highest BCUT2D eigenvalue weighted by molar-refractivity contribution is 9.10. The van der Waals surface area contributed by atoms with Crippen molar-refractivity contribution in [1.82, 2.24) is 5.32 Å². The molecule has 0 spiro atoms. The zero-order valence-corrected chi connectivity index (χ0v) is 17.9. The van der Waals surface area contributed by atoms with Crippen LogP contribution in [-0.4, -0.2) is 19.6 Å². The summed E-state index contributed by atoms with van der Waals surface area (Å²) in [5, 5.41) is 5.23. The Balaban J connectivity index is 1.66. The molecule has 0 aromatic heterocycles. The van der Waals surface area contributed by atoms with Gasteiger partial charge < -0.3 is 14.8 Å². The lowest BCUT2D eigenvalue weighted by Gasteiger charge is -2.19. The minimum atomic E-state index is -0.152. The van der Waals surface area contributed by atoms with E-state index in [9.17, 15) is 4.79 Å². The molecule has 0 aliphatic heterocycles. The molecule has 5 heteroatoms. The van der Waals surface area contributed by atoms with E-state index in [0.29, 0.717) is 5.75 Å². The second kappa shape index (κ2) is 9.11. The Kier molecular flexibility index (Phi) is 6.57. The van der Waals surface area contributed by atoms with Crippen LogP contribution in [0.15, 0.2) is 59.1 Å². The first kappa shape index (κ1) is 20.2. The van der Waals surface area contributed by atoms with E-state index in [1.54, 1.807) is 7.11 Å². The molecule has 28 heavy (non-hydrogen) atoms. The molecule has 146 valence electrons. The highest BCUT2D eigenvalue weighted by atomic mass is 79.9. The first-order valence-corrected chi connectivity index (χ1v) is 10.1. The monoisotopic (exact) mass is 441 g/mol. The largest absolute Gasteiger partial charge is 0.496 e. The maximum Gasteiger partial charge on any atom is 0.258 e. The molecule has 3 aromatic carbocycles.